The van der Waals surface area contributed by atoms with Gasteiger partial charge >= 0.3 is 5.97 Å². The van der Waals surface area contributed by atoms with Crippen LogP contribution in [0.2, 0.25) is 0 Å². The Morgan fingerprint density at radius 1 is 1.16 bits per heavy atom. The van der Waals surface area contributed by atoms with Crippen LogP contribution in [0.1, 0.15) is 22.7 Å². The third kappa shape index (κ3) is 3.85. The molecule has 0 radical (unpaired) electrons. The number of hydrogen-bond donors (Lipinski definition) is 3. The molecule has 1 atom stereocenters. The number of aryl methyl sites for hydroxylation is 1. The van der Waals surface area contributed by atoms with Crippen LogP contribution in [0, 0.1) is 6.92 Å². The molecular weight excluding hydrogens is 318 g/mol. The van der Waals surface area contributed by atoms with Gasteiger partial charge in [0.25, 0.3) is 0 Å². The molecule has 6 nitrogen and oxygen atoms in total. The molecule has 1 heterocycles. The number of para-hydroxylation sites is 1. The molecular formula is C19H19N3O3. The van der Waals surface area contributed by atoms with Crippen LogP contribution in [0.5, 0.6) is 0 Å². The van der Waals surface area contributed by atoms with Crippen molar-refractivity contribution < 1.29 is 14.7 Å². The molecule has 0 aliphatic rings. The van der Waals surface area contributed by atoms with Gasteiger partial charge in [0.05, 0.1) is 23.5 Å². The Morgan fingerprint density at radius 2 is 1.88 bits per heavy atom. The van der Waals surface area contributed by atoms with Gasteiger partial charge in [0.1, 0.15) is 0 Å². The smallest absolute Gasteiger partial charge is 0.312 e. The zero-order valence-corrected chi connectivity index (χ0v) is 13.8. The van der Waals surface area contributed by atoms with E-state index in [0.29, 0.717) is 5.56 Å². The number of H-pyrrole nitrogens is 1. The minimum Gasteiger partial charge on any atom is -0.481 e. The molecule has 6 heteroatoms. The summed E-state index contributed by atoms with van der Waals surface area (Å²) >= 11 is 0. The van der Waals surface area contributed by atoms with Crippen LogP contribution < -0.4 is 5.32 Å². The monoisotopic (exact) mass is 337 g/mol. The fourth-order valence-electron chi connectivity index (χ4n) is 2.73. The SMILES string of the molecule is Cc1ccc(C(CNC(=O)Cc2[nH]nc3ccccc23)C(=O)O)cc1. The van der Waals surface area contributed by atoms with E-state index in [1.165, 1.54) is 0 Å². The first-order valence-corrected chi connectivity index (χ1v) is 8.02. The van der Waals surface area contributed by atoms with Crippen molar-refractivity contribution in [3.63, 3.8) is 0 Å². The standard InChI is InChI=1S/C19H19N3O3/c1-12-6-8-13(9-7-12)15(19(24)25)11-20-18(23)10-17-14-4-2-3-5-16(14)21-22-17/h2-9,15H,10-11H2,1H3,(H,20,23)(H,21,22)(H,24,25). The van der Waals surface area contributed by atoms with Gasteiger partial charge in [-0.25, -0.2) is 0 Å². The maximum Gasteiger partial charge on any atom is 0.312 e. The first kappa shape index (κ1) is 16.7. The number of carbonyl (C=O) groups excluding carboxylic acids is 1. The minimum absolute atomic E-state index is 0.0449. The first-order chi connectivity index (χ1) is 12.0. The highest BCUT2D eigenvalue weighted by molar-refractivity contribution is 5.87. The summed E-state index contributed by atoms with van der Waals surface area (Å²) < 4.78 is 0. The number of carboxylic acids is 1. The van der Waals surface area contributed by atoms with Gasteiger partial charge in [-0.15, -0.1) is 0 Å². The molecule has 1 amide bonds. The molecule has 0 bridgehead atoms. The van der Waals surface area contributed by atoms with Gasteiger partial charge in [-0.2, -0.15) is 5.10 Å². The van der Waals surface area contributed by atoms with E-state index in [2.05, 4.69) is 15.5 Å². The van der Waals surface area contributed by atoms with Crippen LogP contribution in [0.3, 0.4) is 0 Å². The van der Waals surface area contributed by atoms with E-state index in [1.807, 2.05) is 43.3 Å². The molecule has 0 fully saturated rings. The third-order valence-electron chi connectivity index (χ3n) is 4.16. The van der Waals surface area contributed by atoms with Crippen LogP contribution in [0.25, 0.3) is 10.9 Å². The number of carbonyl (C=O) groups is 2. The molecule has 0 saturated heterocycles. The zero-order chi connectivity index (χ0) is 17.8. The van der Waals surface area contributed by atoms with Crippen molar-refractivity contribution >= 4 is 22.8 Å². The number of rotatable bonds is 6. The van der Waals surface area contributed by atoms with Crippen molar-refractivity contribution in [2.45, 2.75) is 19.3 Å². The number of fused-ring (bicyclic) bond motifs is 1. The van der Waals surface area contributed by atoms with Gasteiger partial charge in [0, 0.05) is 11.9 Å². The van der Waals surface area contributed by atoms with Crippen LogP contribution in [-0.2, 0) is 16.0 Å². The molecule has 0 aliphatic carbocycles. The van der Waals surface area contributed by atoms with E-state index >= 15 is 0 Å². The van der Waals surface area contributed by atoms with E-state index in [9.17, 15) is 14.7 Å². The number of aromatic amines is 1. The molecule has 2 aromatic carbocycles. The van der Waals surface area contributed by atoms with E-state index in [4.69, 9.17) is 0 Å². The molecule has 0 aliphatic heterocycles. The lowest BCUT2D eigenvalue weighted by atomic mass is 9.98. The fourth-order valence-corrected chi connectivity index (χ4v) is 2.73. The van der Waals surface area contributed by atoms with Crippen LogP contribution in [0.15, 0.2) is 48.5 Å². The maximum atomic E-state index is 12.2. The Bertz CT molecular complexity index is 900. The highest BCUT2D eigenvalue weighted by Gasteiger charge is 2.21. The van der Waals surface area contributed by atoms with Gasteiger partial charge < -0.3 is 10.4 Å². The van der Waals surface area contributed by atoms with Crippen molar-refractivity contribution in [3.05, 3.63) is 65.4 Å². The van der Waals surface area contributed by atoms with Crippen LogP contribution in [0.4, 0.5) is 0 Å². The lowest BCUT2D eigenvalue weighted by molar-refractivity contribution is -0.138. The highest BCUT2D eigenvalue weighted by Crippen LogP contribution is 2.17. The number of hydrogen-bond acceptors (Lipinski definition) is 3. The average Bonchev–Trinajstić information content (AvgIpc) is 2.99. The average molecular weight is 337 g/mol. The molecule has 1 aromatic heterocycles. The normalized spacial score (nSPS) is 12.0. The molecule has 0 saturated carbocycles. The fraction of sp³-hybridized carbons (Fsp3) is 0.211. The van der Waals surface area contributed by atoms with E-state index < -0.39 is 11.9 Å². The number of benzene rings is 2. The minimum atomic E-state index is -0.962. The second-order valence-electron chi connectivity index (χ2n) is 6.00. The summed E-state index contributed by atoms with van der Waals surface area (Å²) in [4.78, 5) is 23.7. The lowest BCUT2D eigenvalue weighted by Gasteiger charge is -2.14. The van der Waals surface area contributed by atoms with Gasteiger partial charge in [0.2, 0.25) is 5.91 Å². The van der Waals surface area contributed by atoms with Crippen molar-refractivity contribution in [2.75, 3.05) is 6.54 Å². The van der Waals surface area contributed by atoms with Crippen LogP contribution in [-0.4, -0.2) is 33.7 Å². The molecule has 1 unspecified atom stereocenters. The van der Waals surface area contributed by atoms with Gasteiger partial charge in [-0.1, -0.05) is 48.0 Å². The number of aromatic nitrogens is 2. The Kier molecular flexibility index (Phi) is 4.79. The topological polar surface area (TPSA) is 95.1 Å². The zero-order valence-electron chi connectivity index (χ0n) is 13.8. The first-order valence-electron chi connectivity index (χ1n) is 8.02. The summed E-state index contributed by atoms with van der Waals surface area (Å²) in [6.45, 7) is 1.99. The third-order valence-corrected chi connectivity index (χ3v) is 4.16. The molecule has 3 aromatic rings. The van der Waals surface area contributed by atoms with Crippen molar-refractivity contribution in [1.29, 1.82) is 0 Å². The summed E-state index contributed by atoms with van der Waals surface area (Å²) in [7, 11) is 0. The van der Waals surface area contributed by atoms with E-state index in [-0.39, 0.29) is 18.9 Å². The Morgan fingerprint density at radius 3 is 2.60 bits per heavy atom. The predicted molar refractivity (Wildman–Crippen MR) is 94.4 cm³/mol. The van der Waals surface area contributed by atoms with E-state index in [0.717, 1.165) is 22.2 Å². The van der Waals surface area contributed by atoms with Gasteiger partial charge in [0.15, 0.2) is 0 Å². The Hall–Kier alpha value is -3.15. The van der Waals surface area contributed by atoms with Gasteiger partial charge in [-0.3, -0.25) is 14.7 Å². The second kappa shape index (κ2) is 7.17. The molecule has 128 valence electrons. The van der Waals surface area contributed by atoms with E-state index in [1.54, 1.807) is 12.1 Å². The van der Waals surface area contributed by atoms with Crippen molar-refractivity contribution in [3.8, 4) is 0 Å². The maximum absolute atomic E-state index is 12.2. The number of nitrogens with zero attached hydrogens (tertiary/aromatic N) is 1. The van der Waals surface area contributed by atoms with Gasteiger partial charge in [-0.05, 0) is 18.6 Å². The second-order valence-corrected chi connectivity index (χ2v) is 6.00. The molecule has 3 N–H and O–H groups in total. The number of carboxylic acid groups (broad SMARTS) is 1. The molecule has 25 heavy (non-hydrogen) atoms. The summed E-state index contributed by atoms with van der Waals surface area (Å²) in [5, 5.41) is 20.1. The summed E-state index contributed by atoms with van der Waals surface area (Å²) in [6, 6.07) is 14.8. The number of nitrogens with one attached hydrogen (secondary N) is 2. The van der Waals surface area contributed by atoms with Crippen molar-refractivity contribution in [1.82, 2.24) is 15.5 Å². The molecule has 0 spiro atoms. The Labute approximate surface area is 144 Å². The predicted octanol–water partition coefficient (Wildman–Crippen LogP) is 2.40. The summed E-state index contributed by atoms with van der Waals surface area (Å²) in [6.07, 6.45) is 0.126. The van der Waals surface area contributed by atoms with Crippen molar-refractivity contribution in [2.24, 2.45) is 0 Å². The largest absolute Gasteiger partial charge is 0.481 e. The summed E-state index contributed by atoms with van der Waals surface area (Å²) in [5.74, 6) is -1.98. The molecule has 3 rings (SSSR count). The number of aliphatic carboxylic acids is 1. The van der Waals surface area contributed by atoms with Crippen LogP contribution >= 0.6 is 0 Å². The summed E-state index contributed by atoms with van der Waals surface area (Å²) in [5.41, 5.74) is 3.25. The Balaban J connectivity index is 1.65. The number of amides is 1. The highest BCUT2D eigenvalue weighted by atomic mass is 16.4. The lowest BCUT2D eigenvalue weighted by Crippen LogP contribution is -2.32. The quantitative estimate of drug-likeness (QED) is 0.644.